The lowest BCUT2D eigenvalue weighted by Gasteiger charge is -2.41. The predicted octanol–water partition coefficient (Wildman–Crippen LogP) is 4.29. The van der Waals surface area contributed by atoms with Crippen molar-refractivity contribution in [1.29, 1.82) is 0 Å². The third-order valence-electron chi connectivity index (χ3n) is 7.89. The maximum atomic E-state index is 14.2. The fourth-order valence-corrected chi connectivity index (χ4v) is 5.65. The second kappa shape index (κ2) is 13.5. The molecule has 9 heteroatoms. The highest BCUT2D eigenvalue weighted by Crippen LogP contribution is 2.31. The number of amides is 3. The van der Waals surface area contributed by atoms with Crippen molar-refractivity contribution in [2.75, 3.05) is 13.2 Å². The SMILES string of the molecule is CC(C)C1C(=O)N(CC(=O)NC(Cc2ccccc2)C(O)C2=NC(C)(C)CO2)C(c2ccccc2)=CN1C(=O)c1ccccc1. The summed E-state index contributed by atoms with van der Waals surface area (Å²) < 4.78 is 5.72. The number of carbonyl (C=O) groups excluding carboxylic acids is 3. The van der Waals surface area contributed by atoms with Crippen molar-refractivity contribution in [2.45, 2.75) is 57.8 Å². The molecule has 0 spiro atoms. The van der Waals surface area contributed by atoms with Crippen LogP contribution in [0.5, 0.6) is 0 Å². The summed E-state index contributed by atoms with van der Waals surface area (Å²) in [5, 5.41) is 14.3. The molecule has 0 bridgehead atoms. The van der Waals surface area contributed by atoms with Crippen LogP contribution in [0.3, 0.4) is 0 Å². The second-order valence-corrected chi connectivity index (χ2v) is 12.4. The minimum absolute atomic E-state index is 0.176. The highest BCUT2D eigenvalue weighted by Gasteiger charge is 2.42. The lowest BCUT2D eigenvalue weighted by Crippen LogP contribution is -2.57. The maximum Gasteiger partial charge on any atom is 0.258 e. The Morgan fingerprint density at radius 1 is 0.978 bits per heavy atom. The van der Waals surface area contributed by atoms with Crippen molar-refractivity contribution >= 4 is 29.3 Å². The van der Waals surface area contributed by atoms with Crippen molar-refractivity contribution in [2.24, 2.45) is 10.9 Å². The molecule has 5 rings (SSSR count). The van der Waals surface area contributed by atoms with Crippen molar-refractivity contribution in [3.63, 3.8) is 0 Å². The summed E-state index contributed by atoms with van der Waals surface area (Å²) in [5.41, 5.74) is 2.01. The van der Waals surface area contributed by atoms with E-state index in [2.05, 4.69) is 10.3 Å². The van der Waals surface area contributed by atoms with Crippen molar-refractivity contribution in [3.8, 4) is 0 Å². The number of aliphatic imine (C=N–C) groups is 1. The third kappa shape index (κ3) is 7.32. The molecule has 9 nitrogen and oxygen atoms in total. The monoisotopic (exact) mass is 608 g/mol. The van der Waals surface area contributed by atoms with E-state index in [1.807, 2.05) is 94.4 Å². The summed E-state index contributed by atoms with van der Waals surface area (Å²) in [5.74, 6) is -1.19. The van der Waals surface area contributed by atoms with Crippen molar-refractivity contribution < 1.29 is 24.2 Å². The van der Waals surface area contributed by atoms with Gasteiger partial charge in [-0.1, -0.05) is 92.7 Å². The first-order valence-corrected chi connectivity index (χ1v) is 15.2. The zero-order valence-corrected chi connectivity index (χ0v) is 26.1. The molecular weight excluding hydrogens is 568 g/mol. The number of aliphatic hydroxyl groups is 1. The summed E-state index contributed by atoms with van der Waals surface area (Å²) in [6.07, 6.45) is 0.795. The number of rotatable bonds is 10. The zero-order chi connectivity index (χ0) is 32.1. The van der Waals surface area contributed by atoms with Gasteiger partial charge in [0.1, 0.15) is 25.3 Å². The number of carbonyl (C=O) groups is 3. The molecule has 2 aliphatic heterocycles. The maximum absolute atomic E-state index is 14.2. The Balaban J connectivity index is 1.46. The zero-order valence-electron chi connectivity index (χ0n) is 26.1. The largest absolute Gasteiger partial charge is 0.476 e. The van der Waals surface area contributed by atoms with Gasteiger partial charge in [0.2, 0.25) is 11.8 Å². The number of hydrogen-bond acceptors (Lipinski definition) is 6. The fraction of sp³-hybridized carbons (Fsp3) is 0.333. The van der Waals surface area contributed by atoms with Gasteiger partial charge in [-0.05, 0) is 49.4 Å². The summed E-state index contributed by atoms with van der Waals surface area (Å²) in [7, 11) is 0. The Morgan fingerprint density at radius 2 is 1.58 bits per heavy atom. The molecule has 234 valence electrons. The molecule has 3 aromatic rings. The first-order valence-electron chi connectivity index (χ1n) is 15.2. The second-order valence-electron chi connectivity index (χ2n) is 12.4. The van der Waals surface area contributed by atoms with Crippen LogP contribution in [0.15, 0.2) is 102 Å². The van der Waals surface area contributed by atoms with Gasteiger partial charge in [0, 0.05) is 11.8 Å². The summed E-state index contributed by atoms with van der Waals surface area (Å²) >= 11 is 0. The Labute approximate surface area is 264 Å². The highest BCUT2D eigenvalue weighted by atomic mass is 16.5. The van der Waals surface area contributed by atoms with Crippen LogP contribution < -0.4 is 5.32 Å². The van der Waals surface area contributed by atoms with Gasteiger partial charge in [-0.15, -0.1) is 0 Å². The fourth-order valence-electron chi connectivity index (χ4n) is 5.65. The number of ether oxygens (including phenoxy) is 1. The summed E-state index contributed by atoms with van der Waals surface area (Å²) in [6.45, 7) is 7.59. The summed E-state index contributed by atoms with van der Waals surface area (Å²) in [4.78, 5) is 49.2. The van der Waals surface area contributed by atoms with E-state index in [0.717, 1.165) is 5.56 Å². The summed E-state index contributed by atoms with van der Waals surface area (Å²) in [6, 6.07) is 26.0. The molecule has 0 aliphatic carbocycles. The Bertz CT molecular complexity index is 1570. The Hall–Kier alpha value is -4.76. The highest BCUT2D eigenvalue weighted by molar-refractivity contribution is 6.03. The standard InChI is InChI=1S/C36H40N4O5/c1-24(2)31-35(44)39(29(26-16-10-6-11-17-26)21-40(31)34(43)27-18-12-7-13-19-27)22-30(41)37-28(20-25-14-8-5-9-15-25)32(42)33-38-36(3,4)23-45-33/h5-19,21,24,28,31-32,42H,20,22-23H2,1-4H3,(H,37,41). The van der Waals surface area contributed by atoms with Crippen LogP contribution in [0.2, 0.25) is 0 Å². The lowest BCUT2D eigenvalue weighted by atomic mass is 9.96. The van der Waals surface area contributed by atoms with Gasteiger partial charge in [-0.3, -0.25) is 19.3 Å². The molecule has 3 atom stereocenters. The van der Waals surface area contributed by atoms with Crippen LogP contribution >= 0.6 is 0 Å². The molecule has 0 saturated carbocycles. The van der Waals surface area contributed by atoms with E-state index < -0.39 is 29.6 Å². The number of nitrogens with one attached hydrogen (secondary N) is 1. The number of nitrogens with zero attached hydrogens (tertiary/aromatic N) is 3. The molecular formula is C36H40N4O5. The first kappa shape index (κ1) is 31.7. The quantitative estimate of drug-likeness (QED) is 0.357. The predicted molar refractivity (Wildman–Crippen MR) is 173 cm³/mol. The van der Waals surface area contributed by atoms with Gasteiger partial charge in [0.15, 0.2) is 0 Å². The van der Waals surface area contributed by atoms with Gasteiger partial charge in [0.05, 0.1) is 17.3 Å². The number of hydrogen-bond donors (Lipinski definition) is 2. The van der Waals surface area contributed by atoms with Crippen LogP contribution in [0.4, 0.5) is 0 Å². The molecule has 2 heterocycles. The topological polar surface area (TPSA) is 112 Å². The number of benzene rings is 3. The van der Waals surface area contributed by atoms with Crippen LogP contribution in [0, 0.1) is 5.92 Å². The van der Waals surface area contributed by atoms with Gasteiger partial charge in [-0.2, -0.15) is 0 Å². The average Bonchev–Trinajstić information content (AvgIpc) is 3.41. The molecule has 3 amide bonds. The molecule has 3 unspecified atom stereocenters. The molecule has 45 heavy (non-hydrogen) atoms. The molecule has 2 aliphatic rings. The van der Waals surface area contributed by atoms with Gasteiger partial charge in [0.25, 0.3) is 11.8 Å². The van der Waals surface area contributed by atoms with E-state index in [9.17, 15) is 19.5 Å². The van der Waals surface area contributed by atoms with E-state index in [0.29, 0.717) is 29.9 Å². The molecule has 0 radical (unpaired) electrons. The Kier molecular flexibility index (Phi) is 9.48. The Morgan fingerprint density at radius 3 is 2.16 bits per heavy atom. The average molecular weight is 609 g/mol. The molecule has 3 aromatic carbocycles. The molecule has 0 fully saturated rings. The van der Waals surface area contributed by atoms with E-state index in [4.69, 9.17) is 4.74 Å². The minimum Gasteiger partial charge on any atom is -0.476 e. The lowest BCUT2D eigenvalue weighted by molar-refractivity contribution is -0.138. The third-order valence-corrected chi connectivity index (χ3v) is 7.89. The van der Waals surface area contributed by atoms with Crippen LogP contribution in [-0.2, 0) is 20.7 Å². The van der Waals surface area contributed by atoms with Crippen LogP contribution in [0.1, 0.15) is 49.2 Å². The smallest absolute Gasteiger partial charge is 0.258 e. The minimum atomic E-state index is -1.19. The van der Waals surface area contributed by atoms with Crippen LogP contribution in [-0.4, -0.2) is 75.4 Å². The molecule has 0 saturated heterocycles. The first-order chi connectivity index (χ1) is 21.5. The van der Waals surface area contributed by atoms with E-state index in [1.54, 1.807) is 30.5 Å². The van der Waals surface area contributed by atoms with Crippen LogP contribution in [0.25, 0.3) is 5.70 Å². The van der Waals surface area contributed by atoms with Crippen molar-refractivity contribution in [3.05, 3.63) is 114 Å². The molecule has 0 aromatic heterocycles. The van der Waals surface area contributed by atoms with E-state index >= 15 is 0 Å². The van der Waals surface area contributed by atoms with Gasteiger partial charge >= 0.3 is 0 Å². The normalized spacial score (nSPS) is 19.0. The van der Waals surface area contributed by atoms with E-state index in [-0.39, 0.29) is 30.2 Å². The van der Waals surface area contributed by atoms with Gasteiger partial charge < -0.3 is 20.1 Å². The molecule has 2 N–H and O–H groups in total. The number of aliphatic hydroxyl groups excluding tert-OH is 1. The van der Waals surface area contributed by atoms with E-state index in [1.165, 1.54) is 9.80 Å². The van der Waals surface area contributed by atoms with Gasteiger partial charge in [-0.25, -0.2) is 4.99 Å². The van der Waals surface area contributed by atoms with Crippen molar-refractivity contribution in [1.82, 2.24) is 15.1 Å².